The number of benzene rings is 1. The Kier molecular flexibility index (Phi) is 3.08. The number of fused-ring (bicyclic) bond motifs is 2. The molecule has 1 heterocycles. The maximum Gasteiger partial charge on any atom is 0.0873 e. The number of hydrogen-bond donors (Lipinski definition) is 0. The van der Waals surface area contributed by atoms with Crippen LogP contribution in [0.15, 0.2) is 29.3 Å². The van der Waals surface area contributed by atoms with Crippen LogP contribution in [0.1, 0.15) is 25.7 Å². The van der Waals surface area contributed by atoms with E-state index in [0.29, 0.717) is 12.0 Å². The highest BCUT2D eigenvalue weighted by molar-refractivity contribution is 5.77. The van der Waals surface area contributed by atoms with Gasteiger partial charge in [-0.15, -0.1) is 0 Å². The van der Waals surface area contributed by atoms with E-state index >= 15 is 0 Å². The van der Waals surface area contributed by atoms with E-state index in [9.17, 15) is 0 Å². The Bertz CT molecular complexity index is 453. The van der Waals surface area contributed by atoms with Gasteiger partial charge in [0.15, 0.2) is 0 Å². The zero-order valence-corrected chi connectivity index (χ0v) is 11.2. The Balaban J connectivity index is 2.07. The van der Waals surface area contributed by atoms with E-state index in [1.807, 2.05) is 0 Å². The zero-order valence-electron chi connectivity index (χ0n) is 11.2. The predicted molar refractivity (Wildman–Crippen MR) is 76.5 cm³/mol. The number of para-hydroxylation sites is 2. The second-order valence-corrected chi connectivity index (χ2v) is 5.47. The van der Waals surface area contributed by atoms with Crippen molar-refractivity contribution < 1.29 is 0 Å². The molecule has 1 aliphatic heterocycles. The molecular weight excluding hydrogens is 222 g/mol. The summed E-state index contributed by atoms with van der Waals surface area (Å²) >= 11 is 0. The molecule has 2 atom stereocenters. The normalized spacial score (nSPS) is 26.7. The molecule has 0 saturated heterocycles. The van der Waals surface area contributed by atoms with E-state index in [2.05, 4.69) is 54.6 Å². The Morgan fingerprint density at radius 1 is 1.17 bits per heavy atom. The zero-order chi connectivity index (χ0) is 12.5. The molecule has 1 aromatic carbocycles. The summed E-state index contributed by atoms with van der Waals surface area (Å²) in [6.45, 7) is 0. The third-order valence-electron chi connectivity index (χ3n) is 4.06. The molecule has 18 heavy (non-hydrogen) atoms. The first-order chi connectivity index (χ1) is 8.77. The molecule has 0 spiro atoms. The molecule has 0 N–H and O–H groups in total. The minimum atomic E-state index is 0.571. The van der Waals surface area contributed by atoms with Crippen LogP contribution in [0.2, 0.25) is 0 Å². The standard InChI is InChI=1S/C15H21N3/c1-17(2)18-14-9-5-3-7-12(14)11-16-13-8-4-6-10-15(13)18/h4,6,8,10-12,14H,3,5,7,9H2,1-2H3. The average Bonchev–Trinajstić information content (AvgIpc) is 2.55. The maximum atomic E-state index is 4.71. The van der Waals surface area contributed by atoms with Crippen LogP contribution in [0.5, 0.6) is 0 Å². The summed E-state index contributed by atoms with van der Waals surface area (Å²) in [7, 11) is 4.27. The summed E-state index contributed by atoms with van der Waals surface area (Å²) in [5.41, 5.74) is 2.34. The van der Waals surface area contributed by atoms with Crippen LogP contribution in [0, 0.1) is 5.92 Å². The minimum absolute atomic E-state index is 0.571. The Labute approximate surface area is 109 Å². The SMILES string of the molecule is CN(C)N1c2ccccc2N=CC2CCCCC21. The third kappa shape index (κ3) is 1.93. The first-order valence-corrected chi connectivity index (χ1v) is 6.87. The Hall–Kier alpha value is -1.35. The van der Waals surface area contributed by atoms with E-state index < -0.39 is 0 Å². The van der Waals surface area contributed by atoms with Crippen molar-refractivity contribution in [1.29, 1.82) is 0 Å². The smallest absolute Gasteiger partial charge is 0.0873 e. The van der Waals surface area contributed by atoms with Gasteiger partial charge in [0.1, 0.15) is 0 Å². The minimum Gasteiger partial charge on any atom is -0.300 e. The summed E-state index contributed by atoms with van der Waals surface area (Å²) in [5.74, 6) is 0.591. The van der Waals surface area contributed by atoms with Crippen LogP contribution in [0.4, 0.5) is 11.4 Å². The van der Waals surface area contributed by atoms with Gasteiger partial charge in [-0.25, -0.2) is 5.01 Å². The largest absolute Gasteiger partial charge is 0.300 e. The van der Waals surface area contributed by atoms with E-state index in [4.69, 9.17) is 4.99 Å². The molecule has 0 radical (unpaired) electrons. The number of hydrazine groups is 1. The highest BCUT2D eigenvalue weighted by Crippen LogP contribution is 2.38. The summed E-state index contributed by atoms with van der Waals surface area (Å²) in [4.78, 5) is 4.71. The third-order valence-corrected chi connectivity index (χ3v) is 4.06. The molecule has 1 aliphatic carbocycles. The van der Waals surface area contributed by atoms with Crippen LogP contribution >= 0.6 is 0 Å². The summed E-state index contributed by atoms with van der Waals surface area (Å²) in [6.07, 6.45) is 7.40. The number of nitrogens with zero attached hydrogens (tertiary/aromatic N) is 3. The van der Waals surface area contributed by atoms with Gasteiger partial charge in [0, 0.05) is 26.2 Å². The van der Waals surface area contributed by atoms with Crippen LogP contribution in [0.25, 0.3) is 0 Å². The van der Waals surface area contributed by atoms with Gasteiger partial charge >= 0.3 is 0 Å². The molecule has 0 bridgehead atoms. The second kappa shape index (κ2) is 4.73. The lowest BCUT2D eigenvalue weighted by Gasteiger charge is -2.42. The van der Waals surface area contributed by atoms with Gasteiger partial charge in [-0.1, -0.05) is 25.0 Å². The van der Waals surface area contributed by atoms with Crippen LogP contribution < -0.4 is 5.01 Å². The average molecular weight is 243 g/mol. The summed E-state index contributed by atoms with van der Waals surface area (Å²) < 4.78 is 0. The van der Waals surface area contributed by atoms with Crippen LogP contribution in [0.3, 0.4) is 0 Å². The van der Waals surface area contributed by atoms with E-state index in [1.165, 1.54) is 31.4 Å². The van der Waals surface area contributed by atoms with Crippen molar-refractivity contribution in [2.75, 3.05) is 19.1 Å². The summed E-state index contributed by atoms with van der Waals surface area (Å²) in [5, 5.41) is 4.66. The van der Waals surface area contributed by atoms with Crippen molar-refractivity contribution in [3.63, 3.8) is 0 Å². The number of hydrogen-bond acceptors (Lipinski definition) is 3. The van der Waals surface area contributed by atoms with Crippen molar-refractivity contribution in [3.05, 3.63) is 24.3 Å². The Morgan fingerprint density at radius 2 is 1.94 bits per heavy atom. The molecule has 1 saturated carbocycles. The molecule has 3 heteroatoms. The first-order valence-electron chi connectivity index (χ1n) is 6.87. The number of rotatable bonds is 1. The molecule has 3 rings (SSSR count). The second-order valence-electron chi connectivity index (χ2n) is 5.47. The number of anilines is 1. The summed E-state index contributed by atoms with van der Waals surface area (Å²) in [6, 6.07) is 9.04. The molecule has 1 aromatic rings. The van der Waals surface area contributed by atoms with Gasteiger partial charge in [-0.05, 0) is 25.0 Å². The van der Waals surface area contributed by atoms with Gasteiger partial charge in [0.05, 0.1) is 17.4 Å². The molecule has 0 amide bonds. The van der Waals surface area contributed by atoms with Crippen molar-refractivity contribution >= 4 is 17.6 Å². The molecule has 3 nitrogen and oxygen atoms in total. The first kappa shape index (κ1) is 11.7. The van der Waals surface area contributed by atoms with E-state index in [-0.39, 0.29) is 0 Å². The lowest BCUT2D eigenvalue weighted by Crippen LogP contribution is -2.49. The monoisotopic (exact) mass is 243 g/mol. The van der Waals surface area contributed by atoms with Gasteiger partial charge in [0.25, 0.3) is 0 Å². The fourth-order valence-corrected chi connectivity index (χ4v) is 3.25. The van der Waals surface area contributed by atoms with Gasteiger partial charge < -0.3 is 5.01 Å². The predicted octanol–water partition coefficient (Wildman–Crippen LogP) is 3.24. The van der Waals surface area contributed by atoms with Crippen molar-refractivity contribution in [1.82, 2.24) is 5.01 Å². The topological polar surface area (TPSA) is 18.8 Å². The molecule has 1 fully saturated rings. The fourth-order valence-electron chi connectivity index (χ4n) is 3.25. The molecular formula is C15H21N3. The highest BCUT2D eigenvalue weighted by Gasteiger charge is 2.33. The number of aliphatic imine (C=N–C) groups is 1. The fraction of sp³-hybridized carbons (Fsp3) is 0.533. The molecule has 2 unspecified atom stereocenters. The highest BCUT2D eigenvalue weighted by atomic mass is 15.6. The van der Waals surface area contributed by atoms with E-state index in [1.54, 1.807) is 0 Å². The van der Waals surface area contributed by atoms with Crippen LogP contribution in [-0.4, -0.2) is 31.4 Å². The lowest BCUT2D eigenvalue weighted by atomic mass is 9.85. The maximum absolute atomic E-state index is 4.71. The molecule has 2 aliphatic rings. The Morgan fingerprint density at radius 3 is 2.78 bits per heavy atom. The van der Waals surface area contributed by atoms with Crippen molar-refractivity contribution in [3.8, 4) is 0 Å². The molecule has 0 aromatic heterocycles. The van der Waals surface area contributed by atoms with Crippen LogP contribution in [-0.2, 0) is 0 Å². The quantitative estimate of drug-likeness (QED) is 0.754. The van der Waals surface area contributed by atoms with Crippen molar-refractivity contribution in [2.45, 2.75) is 31.7 Å². The van der Waals surface area contributed by atoms with Gasteiger partial charge in [-0.3, -0.25) is 4.99 Å². The van der Waals surface area contributed by atoms with Gasteiger partial charge in [-0.2, -0.15) is 0 Å². The lowest BCUT2D eigenvalue weighted by molar-refractivity contribution is 0.256. The van der Waals surface area contributed by atoms with E-state index in [0.717, 1.165) is 5.69 Å². The van der Waals surface area contributed by atoms with Crippen molar-refractivity contribution in [2.24, 2.45) is 10.9 Å². The van der Waals surface area contributed by atoms with Gasteiger partial charge in [0.2, 0.25) is 0 Å². The molecule has 96 valence electrons.